The minimum Gasteiger partial charge on any atom is -0.514 e. The van der Waals surface area contributed by atoms with E-state index in [4.69, 9.17) is 10.4 Å². The second-order valence-electron chi connectivity index (χ2n) is 1.15. The van der Waals surface area contributed by atoms with Crippen LogP contribution in [0.2, 0.25) is 0 Å². The molecule has 0 saturated heterocycles. The number of hydrogen-bond donors (Lipinski definition) is 1. The number of aliphatic hydroxyl groups is 1. The molecule has 5 heteroatoms. The van der Waals surface area contributed by atoms with E-state index in [1.807, 2.05) is 0 Å². The Kier molecular flexibility index (Phi) is 3.78. The molecule has 0 aromatic carbocycles. The number of nitriles is 1. The molecule has 0 aliphatic rings. The second-order valence-corrected chi connectivity index (χ2v) is 7.91. The van der Waals surface area contributed by atoms with Crippen molar-refractivity contribution in [3.63, 3.8) is 0 Å². The fourth-order valence-electron chi connectivity index (χ4n) is 0.165. The summed E-state index contributed by atoms with van der Waals surface area (Å²) in [5.74, 6) is 0. The van der Waals surface area contributed by atoms with E-state index in [9.17, 15) is 0 Å². The molecule has 9 heavy (non-hydrogen) atoms. The Morgan fingerprint density at radius 1 is 1.56 bits per heavy atom. The zero-order valence-corrected chi connectivity index (χ0v) is 8.86. The quantitative estimate of drug-likeness (QED) is 0.424. The van der Waals surface area contributed by atoms with Crippen molar-refractivity contribution in [1.82, 2.24) is 0 Å². The van der Waals surface area contributed by atoms with Crippen LogP contribution in [0.3, 0.4) is 0 Å². The highest BCUT2D eigenvalue weighted by atomic mass is 80.0. The summed E-state index contributed by atoms with van der Waals surface area (Å²) in [5.41, 5.74) is 0.155. The summed E-state index contributed by atoms with van der Waals surface area (Å²) in [6.07, 6.45) is 0.720. The van der Waals surface area contributed by atoms with Crippen molar-refractivity contribution in [3.05, 3.63) is 11.8 Å². The van der Waals surface area contributed by atoms with Gasteiger partial charge in [-0.1, -0.05) is 47.8 Å². The van der Waals surface area contributed by atoms with E-state index in [0.717, 1.165) is 6.26 Å². The average molecular weight is 320 g/mol. The molecule has 0 aromatic rings. The van der Waals surface area contributed by atoms with Gasteiger partial charge in [0.2, 0.25) is 0 Å². The molecule has 1 N–H and O–H groups in total. The Bertz CT molecular complexity index is 164. The maximum Gasteiger partial charge on any atom is 0.172 e. The van der Waals surface area contributed by atoms with Crippen LogP contribution in [-0.4, -0.2) is 7.25 Å². The van der Waals surface area contributed by atoms with Crippen molar-refractivity contribution in [3.8, 4) is 6.07 Å². The summed E-state index contributed by atoms with van der Waals surface area (Å²) in [7, 11) is 0. The number of allylic oxidation sites excluding steroid dienone is 1. The summed E-state index contributed by atoms with van der Waals surface area (Å²) >= 11 is 9.14. The highest BCUT2D eigenvalue weighted by Gasteiger charge is 2.23. The summed E-state index contributed by atoms with van der Waals surface area (Å²) in [4.78, 5) is 0. The van der Waals surface area contributed by atoms with Crippen LogP contribution < -0.4 is 0 Å². The normalized spacial score (nSPS) is 12.9. The van der Waals surface area contributed by atoms with Gasteiger partial charge in [0, 0.05) is 0 Å². The van der Waals surface area contributed by atoms with Crippen LogP contribution in [0.1, 0.15) is 0 Å². The van der Waals surface area contributed by atoms with Crippen LogP contribution in [0, 0.1) is 11.3 Å². The van der Waals surface area contributed by atoms with E-state index in [-0.39, 0.29) is 5.57 Å². The molecule has 0 radical (unpaired) electrons. The summed E-state index contributed by atoms with van der Waals surface area (Å²) in [6, 6.07) is 1.76. The van der Waals surface area contributed by atoms with Gasteiger partial charge in [-0.15, -0.1) is 0 Å². The van der Waals surface area contributed by atoms with Crippen molar-refractivity contribution in [1.29, 1.82) is 5.26 Å². The Morgan fingerprint density at radius 2 is 2.00 bits per heavy atom. The lowest BCUT2D eigenvalue weighted by atomic mass is 10.4. The number of aliphatic hydroxyl groups excluding tert-OH is 1. The van der Waals surface area contributed by atoms with E-state index in [0.29, 0.717) is 0 Å². The molecule has 0 bridgehead atoms. The SMILES string of the molecule is N#C/C(=C\O)C(Br)(Br)Br. The van der Waals surface area contributed by atoms with Gasteiger partial charge in [0.1, 0.15) is 11.6 Å². The Morgan fingerprint density at radius 3 is 2.00 bits per heavy atom. The lowest BCUT2D eigenvalue weighted by molar-refractivity contribution is 0.469. The van der Waals surface area contributed by atoms with Gasteiger partial charge in [0.05, 0.1) is 6.26 Å². The molecule has 0 rings (SSSR count). The zero-order valence-electron chi connectivity index (χ0n) is 4.11. The molecular weight excluding hydrogens is 318 g/mol. The fourth-order valence-corrected chi connectivity index (χ4v) is 0.739. The second kappa shape index (κ2) is 3.59. The van der Waals surface area contributed by atoms with Crippen molar-refractivity contribution >= 4 is 47.8 Å². The maximum atomic E-state index is 8.39. The lowest BCUT2D eigenvalue weighted by Gasteiger charge is -2.07. The van der Waals surface area contributed by atoms with E-state index in [2.05, 4.69) is 47.8 Å². The van der Waals surface area contributed by atoms with Gasteiger partial charge in [-0.05, 0) is 0 Å². The molecule has 0 fully saturated rings. The molecule has 0 aliphatic carbocycles. The topological polar surface area (TPSA) is 44.0 Å². The molecule has 0 heterocycles. The molecule has 0 saturated carbocycles. The van der Waals surface area contributed by atoms with Crippen LogP contribution in [0.4, 0.5) is 0 Å². The van der Waals surface area contributed by atoms with Gasteiger partial charge in [-0.25, -0.2) is 0 Å². The predicted molar refractivity (Wildman–Crippen MR) is 45.8 cm³/mol. The molecule has 0 unspecified atom stereocenters. The van der Waals surface area contributed by atoms with E-state index < -0.39 is 2.14 Å². The maximum absolute atomic E-state index is 8.39. The largest absolute Gasteiger partial charge is 0.514 e. The zero-order chi connectivity index (χ0) is 7.49. The van der Waals surface area contributed by atoms with Gasteiger partial charge in [-0.3, -0.25) is 0 Å². The highest BCUT2D eigenvalue weighted by molar-refractivity contribution is 9.39. The number of nitrogens with zero attached hydrogens (tertiary/aromatic N) is 1. The van der Waals surface area contributed by atoms with Gasteiger partial charge < -0.3 is 5.11 Å². The molecule has 50 valence electrons. The van der Waals surface area contributed by atoms with Gasteiger partial charge in [0.25, 0.3) is 0 Å². The van der Waals surface area contributed by atoms with Gasteiger partial charge in [0.15, 0.2) is 2.14 Å². The van der Waals surface area contributed by atoms with Crippen molar-refractivity contribution < 1.29 is 5.11 Å². The minimum atomic E-state index is -0.795. The minimum absolute atomic E-state index is 0.155. The Balaban J connectivity index is 4.39. The third kappa shape index (κ3) is 3.23. The first kappa shape index (κ1) is 9.47. The Labute approximate surface area is 77.9 Å². The number of halogens is 3. The summed E-state index contributed by atoms with van der Waals surface area (Å²) < 4.78 is -0.795. The molecule has 0 aromatic heterocycles. The predicted octanol–water partition coefficient (Wildman–Crippen LogP) is 2.79. The van der Waals surface area contributed by atoms with Crippen molar-refractivity contribution in [2.24, 2.45) is 0 Å². The van der Waals surface area contributed by atoms with Crippen molar-refractivity contribution in [2.45, 2.75) is 2.14 Å². The monoisotopic (exact) mass is 317 g/mol. The van der Waals surface area contributed by atoms with E-state index in [1.54, 1.807) is 6.07 Å². The average Bonchev–Trinajstić information content (AvgIpc) is 1.65. The van der Waals surface area contributed by atoms with Gasteiger partial charge in [-0.2, -0.15) is 5.26 Å². The van der Waals surface area contributed by atoms with Crippen LogP contribution in [-0.2, 0) is 0 Å². The van der Waals surface area contributed by atoms with Gasteiger partial charge >= 0.3 is 0 Å². The first-order valence-corrected chi connectivity index (χ1v) is 4.22. The number of alkyl halides is 3. The standard InChI is InChI=1S/C4H2Br3NO/c5-4(6,7)3(1-8)2-9/h2,9H/b3-2+. The fraction of sp³-hybridized carbons (Fsp3) is 0.250. The van der Waals surface area contributed by atoms with Crippen LogP contribution in [0.5, 0.6) is 0 Å². The Hall–Kier alpha value is 0.470. The highest BCUT2D eigenvalue weighted by Crippen LogP contribution is 2.40. The molecular formula is C4H2Br3NO. The van der Waals surface area contributed by atoms with Crippen LogP contribution >= 0.6 is 47.8 Å². The lowest BCUT2D eigenvalue weighted by Crippen LogP contribution is -2.01. The number of rotatable bonds is 0. The molecule has 0 amide bonds. The van der Waals surface area contributed by atoms with Crippen molar-refractivity contribution in [2.75, 3.05) is 0 Å². The first-order chi connectivity index (χ1) is 4.02. The summed E-state index contributed by atoms with van der Waals surface area (Å²) in [5, 5.41) is 16.7. The molecule has 0 spiro atoms. The molecule has 0 aliphatic heterocycles. The third-order valence-electron chi connectivity index (χ3n) is 0.555. The van der Waals surface area contributed by atoms with E-state index in [1.165, 1.54) is 0 Å². The van der Waals surface area contributed by atoms with E-state index >= 15 is 0 Å². The number of hydrogen-bond acceptors (Lipinski definition) is 2. The summed E-state index contributed by atoms with van der Waals surface area (Å²) in [6.45, 7) is 0. The first-order valence-electron chi connectivity index (χ1n) is 1.84. The smallest absolute Gasteiger partial charge is 0.172 e. The third-order valence-corrected chi connectivity index (χ3v) is 1.84. The molecule has 0 atom stereocenters. The van der Waals surface area contributed by atoms with Crippen LogP contribution in [0.25, 0.3) is 0 Å². The van der Waals surface area contributed by atoms with Crippen LogP contribution in [0.15, 0.2) is 11.8 Å². The molecule has 2 nitrogen and oxygen atoms in total.